The predicted octanol–water partition coefficient (Wildman–Crippen LogP) is 3.75. The van der Waals surface area contributed by atoms with Crippen molar-refractivity contribution < 1.29 is 4.79 Å². The van der Waals surface area contributed by atoms with Crippen LogP contribution in [0.25, 0.3) is 0 Å². The molecule has 2 aromatic rings. The molecule has 3 nitrogen and oxygen atoms in total. The number of nitrogens with two attached hydrogens (primary N) is 1. The average Bonchev–Trinajstić information content (AvgIpc) is 3.53. The van der Waals surface area contributed by atoms with Crippen molar-refractivity contribution in [2.24, 2.45) is 11.7 Å². The first-order valence-electron chi connectivity index (χ1n) is 9.36. The van der Waals surface area contributed by atoms with Gasteiger partial charge in [-0.05, 0) is 42.7 Å². The summed E-state index contributed by atoms with van der Waals surface area (Å²) in [6, 6.07) is 20.9. The molecule has 0 radical (unpaired) electrons. The standard InChI is InChI=1S/C22H26N2O.ClH/c23-20(17-12-13-17)21(25)24-15-7-14-22(16-24,18-8-3-1-4-9-18)19-10-5-2-6-11-19;/h1-6,8-11,17,20H,7,12-16,23H2;1H/t20-;/m0./s1. The van der Waals surface area contributed by atoms with E-state index in [1.807, 2.05) is 4.90 Å². The van der Waals surface area contributed by atoms with Crippen molar-refractivity contribution in [3.8, 4) is 0 Å². The number of hydrogen-bond acceptors (Lipinski definition) is 2. The summed E-state index contributed by atoms with van der Waals surface area (Å²) in [6.07, 6.45) is 4.27. The fraction of sp³-hybridized carbons (Fsp3) is 0.409. The van der Waals surface area contributed by atoms with Gasteiger partial charge in [-0.2, -0.15) is 0 Å². The van der Waals surface area contributed by atoms with E-state index < -0.39 is 0 Å². The zero-order chi connectivity index (χ0) is 17.3. The minimum atomic E-state index is -0.317. The minimum absolute atomic E-state index is 0. The van der Waals surface area contributed by atoms with Crippen LogP contribution in [0.1, 0.15) is 36.8 Å². The molecule has 2 aliphatic rings. The molecule has 0 unspecified atom stereocenters. The van der Waals surface area contributed by atoms with Gasteiger partial charge in [0.15, 0.2) is 0 Å². The summed E-state index contributed by atoms with van der Waals surface area (Å²) < 4.78 is 0. The van der Waals surface area contributed by atoms with Crippen molar-refractivity contribution in [2.45, 2.75) is 37.1 Å². The number of carbonyl (C=O) groups excluding carboxylic acids is 1. The lowest BCUT2D eigenvalue weighted by Gasteiger charge is -2.44. The van der Waals surface area contributed by atoms with Crippen LogP contribution in [0.5, 0.6) is 0 Å². The molecule has 26 heavy (non-hydrogen) atoms. The van der Waals surface area contributed by atoms with Crippen molar-refractivity contribution in [2.75, 3.05) is 13.1 Å². The molecule has 1 atom stereocenters. The van der Waals surface area contributed by atoms with E-state index >= 15 is 0 Å². The lowest BCUT2D eigenvalue weighted by atomic mass is 9.69. The molecule has 2 aromatic carbocycles. The first kappa shape index (κ1) is 18.9. The molecule has 1 heterocycles. The molecule has 1 aliphatic heterocycles. The van der Waals surface area contributed by atoms with Gasteiger partial charge < -0.3 is 10.6 Å². The third kappa shape index (κ3) is 3.51. The van der Waals surface area contributed by atoms with Gasteiger partial charge >= 0.3 is 0 Å². The maximum Gasteiger partial charge on any atom is 0.239 e. The van der Waals surface area contributed by atoms with E-state index in [0.29, 0.717) is 5.92 Å². The van der Waals surface area contributed by atoms with E-state index in [4.69, 9.17) is 5.73 Å². The Balaban J connectivity index is 0.00000196. The third-order valence-electron chi connectivity index (χ3n) is 5.87. The molecular weight excluding hydrogens is 344 g/mol. The van der Waals surface area contributed by atoms with Crippen molar-refractivity contribution >= 4 is 18.3 Å². The van der Waals surface area contributed by atoms with Crippen molar-refractivity contribution in [1.82, 2.24) is 4.90 Å². The Bertz CT molecular complexity index is 691. The fourth-order valence-corrected chi connectivity index (χ4v) is 4.26. The number of amides is 1. The largest absolute Gasteiger partial charge is 0.340 e. The first-order valence-corrected chi connectivity index (χ1v) is 9.36. The summed E-state index contributed by atoms with van der Waals surface area (Å²) in [5.41, 5.74) is 8.67. The van der Waals surface area contributed by atoms with Crippen LogP contribution in [0.2, 0.25) is 0 Å². The molecule has 0 aromatic heterocycles. The zero-order valence-corrected chi connectivity index (χ0v) is 15.8. The molecule has 4 heteroatoms. The van der Waals surface area contributed by atoms with Crippen LogP contribution in [-0.4, -0.2) is 29.9 Å². The number of rotatable bonds is 4. The van der Waals surface area contributed by atoms with E-state index in [9.17, 15) is 4.79 Å². The van der Waals surface area contributed by atoms with Gasteiger partial charge in [0.1, 0.15) is 0 Å². The van der Waals surface area contributed by atoms with Crippen molar-refractivity contribution in [3.05, 3.63) is 71.8 Å². The molecule has 138 valence electrons. The van der Waals surface area contributed by atoms with Crippen LogP contribution in [0, 0.1) is 5.92 Å². The normalized spacial score (nSPS) is 20.1. The lowest BCUT2D eigenvalue weighted by Crippen LogP contribution is -2.54. The van der Waals surface area contributed by atoms with Gasteiger partial charge in [0.2, 0.25) is 5.91 Å². The van der Waals surface area contributed by atoms with Gasteiger partial charge in [-0.25, -0.2) is 0 Å². The average molecular weight is 371 g/mol. The second-order valence-corrected chi connectivity index (χ2v) is 7.54. The maximum atomic E-state index is 12.9. The molecule has 1 aliphatic carbocycles. The first-order chi connectivity index (χ1) is 12.2. The highest BCUT2D eigenvalue weighted by atomic mass is 35.5. The van der Waals surface area contributed by atoms with Gasteiger partial charge in [-0.1, -0.05) is 60.7 Å². The number of piperidine rings is 1. The van der Waals surface area contributed by atoms with Crippen LogP contribution in [0.15, 0.2) is 60.7 Å². The van der Waals surface area contributed by atoms with Gasteiger partial charge in [0, 0.05) is 18.5 Å². The van der Waals surface area contributed by atoms with Gasteiger partial charge in [0.05, 0.1) is 6.04 Å². The van der Waals surface area contributed by atoms with Gasteiger partial charge in [-0.3, -0.25) is 4.79 Å². The Morgan fingerprint density at radius 3 is 2.04 bits per heavy atom. The highest BCUT2D eigenvalue weighted by Crippen LogP contribution is 2.41. The second kappa shape index (κ2) is 7.81. The van der Waals surface area contributed by atoms with Gasteiger partial charge in [0.25, 0.3) is 0 Å². The third-order valence-corrected chi connectivity index (χ3v) is 5.87. The number of likely N-dealkylation sites (tertiary alicyclic amines) is 1. The van der Waals surface area contributed by atoms with Crippen LogP contribution in [0.3, 0.4) is 0 Å². The molecule has 1 saturated heterocycles. The Labute approximate surface area is 162 Å². The van der Waals surface area contributed by atoms with Crippen molar-refractivity contribution in [3.63, 3.8) is 0 Å². The summed E-state index contributed by atoms with van der Waals surface area (Å²) in [7, 11) is 0. The molecule has 1 amide bonds. The number of nitrogens with zero attached hydrogens (tertiary/aromatic N) is 1. The number of benzene rings is 2. The fourth-order valence-electron chi connectivity index (χ4n) is 4.26. The van der Waals surface area contributed by atoms with Crippen molar-refractivity contribution in [1.29, 1.82) is 0 Å². The van der Waals surface area contributed by atoms with E-state index in [1.54, 1.807) is 0 Å². The summed E-state index contributed by atoms with van der Waals surface area (Å²) in [4.78, 5) is 15.0. The Kier molecular flexibility index (Phi) is 5.69. The van der Waals surface area contributed by atoms with E-state index in [2.05, 4.69) is 60.7 Å². The monoisotopic (exact) mass is 370 g/mol. The topological polar surface area (TPSA) is 46.3 Å². The molecular formula is C22H27ClN2O. The Hall–Kier alpha value is -1.84. The summed E-state index contributed by atoms with van der Waals surface area (Å²) in [6.45, 7) is 1.54. The van der Waals surface area contributed by atoms with Crippen LogP contribution < -0.4 is 5.73 Å². The van der Waals surface area contributed by atoms with Gasteiger partial charge in [-0.15, -0.1) is 12.4 Å². The summed E-state index contributed by atoms with van der Waals surface area (Å²) in [5, 5.41) is 0. The Morgan fingerprint density at radius 1 is 1.00 bits per heavy atom. The lowest BCUT2D eigenvalue weighted by molar-refractivity contribution is -0.135. The number of hydrogen-bond donors (Lipinski definition) is 1. The van der Waals surface area contributed by atoms with Crippen LogP contribution in [0.4, 0.5) is 0 Å². The highest BCUT2D eigenvalue weighted by Gasteiger charge is 2.43. The molecule has 2 fully saturated rings. The Morgan fingerprint density at radius 2 is 1.54 bits per heavy atom. The SMILES string of the molecule is Cl.N[C@H](C(=O)N1CCCC(c2ccccc2)(c2ccccc2)C1)C1CC1. The molecule has 2 N–H and O–H groups in total. The smallest absolute Gasteiger partial charge is 0.239 e. The minimum Gasteiger partial charge on any atom is -0.340 e. The van der Waals surface area contributed by atoms with Crippen LogP contribution >= 0.6 is 12.4 Å². The predicted molar refractivity (Wildman–Crippen MR) is 107 cm³/mol. The molecule has 0 bridgehead atoms. The summed E-state index contributed by atoms with van der Waals surface area (Å²) in [5.74, 6) is 0.538. The second-order valence-electron chi connectivity index (χ2n) is 7.54. The number of carbonyl (C=O) groups is 1. The van der Waals surface area contributed by atoms with E-state index in [0.717, 1.165) is 38.8 Å². The highest BCUT2D eigenvalue weighted by molar-refractivity contribution is 5.85. The zero-order valence-electron chi connectivity index (χ0n) is 15.0. The van der Waals surface area contributed by atoms with E-state index in [1.165, 1.54) is 11.1 Å². The number of halogens is 1. The molecule has 0 spiro atoms. The van der Waals surface area contributed by atoms with E-state index in [-0.39, 0.29) is 29.8 Å². The maximum absolute atomic E-state index is 12.9. The summed E-state index contributed by atoms with van der Waals surface area (Å²) >= 11 is 0. The quantitative estimate of drug-likeness (QED) is 0.890. The molecule has 4 rings (SSSR count). The van der Waals surface area contributed by atoms with Crippen LogP contribution in [-0.2, 0) is 10.2 Å². The molecule has 1 saturated carbocycles.